The van der Waals surface area contributed by atoms with Gasteiger partial charge >= 0.3 is 0 Å². The fourth-order valence-electron chi connectivity index (χ4n) is 4.76. The molecule has 1 spiro atoms. The Morgan fingerprint density at radius 1 is 1.16 bits per heavy atom. The molecule has 0 atom stereocenters. The first-order valence-electron chi connectivity index (χ1n) is 11.0. The standard InChI is InChI=1S/C26H27ClN2O3.H2/c1-25(2,17-30)19-7-5-18(6-8-19)24(31)28-14-11-26(12-15-28)23-4-3-13-29(23)21-10-9-20(27)16-22(21)32-26;/h3-10,13,16,30H,11-12,14-15,17H2,1-2H3;1H. The van der Waals surface area contributed by atoms with E-state index in [0.717, 1.165) is 22.7 Å². The fourth-order valence-corrected chi connectivity index (χ4v) is 4.92. The van der Waals surface area contributed by atoms with Crippen LogP contribution in [0.1, 0.15) is 49.7 Å². The number of carbonyl (C=O) groups excluding carboxylic acids is 1. The summed E-state index contributed by atoms with van der Waals surface area (Å²) in [5.41, 5.74) is 3.00. The monoisotopic (exact) mass is 452 g/mol. The summed E-state index contributed by atoms with van der Waals surface area (Å²) in [4.78, 5) is 15.1. The molecule has 0 aliphatic carbocycles. The molecule has 32 heavy (non-hydrogen) atoms. The highest BCUT2D eigenvalue weighted by atomic mass is 35.5. The number of likely N-dealkylation sites (tertiary alicyclic amines) is 1. The maximum absolute atomic E-state index is 13.2. The van der Waals surface area contributed by atoms with Crippen molar-refractivity contribution in [2.75, 3.05) is 19.7 Å². The molecule has 1 N–H and O–H groups in total. The third-order valence-corrected chi connectivity index (χ3v) is 7.10. The molecule has 2 aliphatic heterocycles. The lowest BCUT2D eigenvalue weighted by Crippen LogP contribution is -2.50. The predicted octanol–water partition coefficient (Wildman–Crippen LogP) is 5.17. The normalized spacial score (nSPS) is 16.9. The van der Waals surface area contributed by atoms with Crippen LogP contribution in [0, 0.1) is 0 Å². The van der Waals surface area contributed by atoms with Crippen LogP contribution >= 0.6 is 11.6 Å². The van der Waals surface area contributed by atoms with Gasteiger partial charge in [0, 0.05) is 55.6 Å². The lowest BCUT2D eigenvalue weighted by molar-refractivity contribution is -0.00930. The number of ether oxygens (including phenoxy) is 1. The number of nitrogens with zero attached hydrogens (tertiary/aromatic N) is 2. The number of aliphatic hydroxyl groups is 1. The Hall–Kier alpha value is -2.76. The largest absolute Gasteiger partial charge is 0.479 e. The molecule has 5 rings (SSSR count). The molecule has 0 saturated carbocycles. The number of benzene rings is 2. The smallest absolute Gasteiger partial charge is 0.253 e. The van der Waals surface area contributed by atoms with Crippen LogP contribution in [0.3, 0.4) is 0 Å². The van der Waals surface area contributed by atoms with Crippen molar-refractivity contribution in [2.45, 2.75) is 37.7 Å². The number of hydrogen-bond acceptors (Lipinski definition) is 3. The minimum Gasteiger partial charge on any atom is -0.479 e. The van der Waals surface area contributed by atoms with Gasteiger partial charge in [0.25, 0.3) is 5.91 Å². The quantitative estimate of drug-likeness (QED) is 0.596. The number of rotatable bonds is 3. The van der Waals surface area contributed by atoms with Gasteiger partial charge in [-0.1, -0.05) is 37.6 Å². The number of halogens is 1. The summed E-state index contributed by atoms with van der Waals surface area (Å²) in [5.74, 6) is 0.811. The van der Waals surface area contributed by atoms with Gasteiger partial charge < -0.3 is 19.3 Å². The zero-order valence-corrected chi connectivity index (χ0v) is 19.1. The average Bonchev–Trinajstić information content (AvgIpc) is 3.30. The maximum Gasteiger partial charge on any atom is 0.253 e. The molecule has 1 amide bonds. The first kappa shape index (κ1) is 21.1. The second kappa shape index (κ2) is 7.68. The van der Waals surface area contributed by atoms with Gasteiger partial charge in [0.1, 0.15) is 5.75 Å². The minimum atomic E-state index is -0.465. The topological polar surface area (TPSA) is 54.7 Å². The van der Waals surface area contributed by atoms with Crippen molar-refractivity contribution in [1.29, 1.82) is 0 Å². The molecule has 5 nitrogen and oxygen atoms in total. The number of hydrogen-bond donors (Lipinski definition) is 1. The first-order chi connectivity index (χ1) is 15.3. The molecule has 1 fully saturated rings. The average molecular weight is 453 g/mol. The number of aromatic nitrogens is 1. The van der Waals surface area contributed by atoms with Crippen molar-refractivity contribution in [3.63, 3.8) is 0 Å². The highest BCUT2D eigenvalue weighted by Crippen LogP contribution is 2.45. The van der Waals surface area contributed by atoms with E-state index in [4.69, 9.17) is 16.3 Å². The van der Waals surface area contributed by atoms with Crippen LogP contribution in [0.15, 0.2) is 60.8 Å². The van der Waals surface area contributed by atoms with E-state index in [9.17, 15) is 9.90 Å². The Balaban J connectivity index is 0.00000259. The molecule has 3 heterocycles. The van der Waals surface area contributed by atoms with Crippen molar-refractivity contribution >= 4 is 17.5 Å². The molecule has 2 aromatic carbocycles. The fraction of sp³-hybridized carbons (Fsp3) is 0.346. The lowest BCUT2D eigenvalue weighted by atomic mass is 9.85. The molecular formula is C26H29ClN2O3. The molecule has 2 aliphatic rings. The summed E-state index contributed by atoms with van der Waals surface area (Å²) >= 11 is 6.23. The van der Waals surface area contributed by atoms with Crippen LogP contribution in [0.4, 0.5) is 0 Å². The number of carbonyl (C=O) groups is 1. The zero-order chi connectivity index (χ0) is 22.5. The van der Waals surface area contributed by atoms with E-state index < -0.39 is 5.60 Å². The van der Waals surface area contributed by atoms with Gasteiger partial charge in [-0.2, -0.15) is 0 Å². The Morgan fingerprint density at radius 2 is 1.88 bits per heavy atom. The van der Waals surface area contributed by atoms with Crippen molar-refractivity contribution in [2.24, 2.45) is 0 Å². The number of fused-ring (bicyclic) bond motifs is 4. The van der Waals surface area contributed by atoms with E-state index in [1.165, 1.54) is 0 Å². The molecule has 0 bridgehead atoms. The molecule has 3 aromatic rings. The second-order valence-corrected chi connectivity index (χ2v) is 9.82. The lowest BCUT2D eigenvalue weighted by Gasteiger charge is -2.45. The molecule has 1 saturated heterocycles. The van der Waals surface area contributed by atoms with Crippen LogP contribution in [0.25, 0.3) is 5.69 Å². The Kier molecular flexibility index (Phi) is 5.06. The van der Waals surface area contributed by atoms with E-state index in [1.807, 2.05) is 67.3 Å². The summed E-state index contributed by atoms with van der Waals surface area (Å²) in [6.07, 6.45) is 3.48. The van der Waals surface area contributed by atoms with Crippen LogP contribution in [0.5, 0.6) is 5.75 Å². The maximum atomic E-state index is 13.2. The molecule has 0 unspecified atom stereocenters. The van der Waals surface area contributed by atoms with Crippen molar-refractivity contribution < 1.29 is 16.1 Å². The van der Waals surface area contributed by atoms with Crippen molar-refractivity contribution in [3.8, 4) is 11.4 Å². The molecule has 0 radical (unpaired) electrons. The summed E-state index contributed by atoms with van der Waals surface area (Å²) in [7, 11) is 0. The first-order valence-corrected chi connectivity index (χ1v) is 11.4. The van der Waals surface area contributed by atoms with Gasteiger partial charge in [0.2, 0.25) is 0 Å². The number of amides is 1. The van der Waals surface area contributed by atoms with Crippen LogP contribution in [0.2, 0.25) is 5.02 Å². The molecule has 168 valence electrons. The van der Waals surface area contributed by atoms with E-state index >= 15 is 0 Å². The number of aliphatic hydroxyl groups excluding tert-OH is 1. The third-order valence-electron chi connectivity index (χ3n) is 6.87. The highest BCUT2D eigenvalue weighted by molar-refractivity contribution is 6.30. The third kappa shape index (κ3) is 3.40. The van der Waals surface area contributed by atoms with E-state index in [2.05, 4.69) is 16.8 Å². The zero-order valence-electron chi connectivity index (χ0n) is 18.3. The van der Waals surface area contributed by atoms with E-state index in [0.29, 0.717) is 36.5 Å². The summed E-state index contributed by atoms with van der Waals surface area (Å²) in [6, 6.07) is 17.5. The van der Waals surface area contributed by atoms with Gasteiger partial charge in [-0.3, -0.25) is 4.79 Å². The van der Waals surface area contributed by atoms with E-state index in [1.54, 1.807) is 0 Å². The highest BCUT2D eigenvalue weighted by Gasteiger charge is 2.44. The van der Waals surface area contributed by atoms with Gasteiger partial charge in [-0.15, -0.1) is 0 Å². The summed E-state index contributed by atoms with van der Waals surface area (Å²) in [5, 5.41) is 10.2. The molecule has 6 heteroatoms. The molecular weight excluding hydrogens is 424 g/mol. The molecule has 1 aromatic heterocycles. The van der Waals surface area contributed by atoms with Crippen LogP contribution in [-0.4, -0.2) is 40.2 Å². The van der Waals surface area contributed by atoms with E-state index in [-0.39, 0.29) is 19.4 Å². The van der Waals surface area contributed by atoms with Gasteiger partial charge in [-0.05, 0) is 42.0 Å². The van der Waals surface area contributed by atoms with Gasteiger partial charge in [0.05, 0.1) is 18.0 Å². The van der Waals surface area contributed by atoms with Gasteiger partial charge in [0.15, 0.2) is 5.60 Å². The second-order valence-electron chi connectivity index (χ2n) is 9.38. The Labute approximate surface area is 194 Å². The van der Waals surface area contributed by atoms with Crippen molar-refractivity contribution in [1.82, 2.24) is 9.47 Å². The Bertz CT molecular complexity index is 1160. The number of piperidine rings is 1. The van der Waals surface area contributed by atoms with Crippen LogP contribution in [-0.2, 0) is 11.0 Å². The van der Waals surface area contributed by atoms with Gasteiger partial charge in [-0.25, -0.2) is 0 Å². The SMILES string of the molecule is CC(C)(CO)c1ccc(C(=O)N2CCC3(CC2)Oc2cc(Cl)ccc2-n2cccc23)cc1.[HH]. The van der Waals surface area contributed by atoms with Crippen LogP contribution < -0.4 is 4.74 Å². The van der Waals surface area contributed by atoms with Crippen molar-refractivity contribution in [3.05, 3.63) is 82.6 Å². The summed E-state index contributed by atoms with van der Waals surface area (Å²) in [6.45, 7) is 5.26. The summed E-state index contributed by atoms with van der Waals surface area (Å²) < 4.78 is 8.73. The predicted molar refractivity (Wildman–Crippen MR) is 127 cm³/mol. The Morgan fingerprint density at radius 3 is 2.56 bits per heavy atom. The minimum absolute atomic E-state index is 0.